The number of ketones is 1. The molecule has 0 radical (unpaired) electrons. The van der Waals surface area contributed by atoms with Crippen molar-refractivity contribution in [3.8, 4) is 0 Å². The van der Waals surface area contributed by atoms with Crippen molar-refractivity contribution in [2.75, 3.05) is 6.61 Å². The zero-order valence-corrected chi connectivity index (χ0v) is 19.0. The summed E-state index contributed by atoms with van der Waals surface area (Å²) in [6.45, 7) is 11.7. The molecule has 1 atom stereocenters. The van der Waals surface area contributed by atoms with E-state index in [9.17, 15) is 14.4 Å². The van der Waals surface area contributed by atoms with Crippen LogP contribution in [0.5, 0.6) is 0 Å². The molecule has 0 spiro atoms. The van der Waals surface area contributed by atoms with Crippen LogP contribution in [0.15, 0.2) is 46.6 Å². The number of carbonyl (C=O) groups is 3. The summed E-state index contributed by atoms with van der Waals surface area (Å²) in [7, 11) is 0. The van der Waals surface area contributed by atoms with Crippen LogP contribution in [0, 0.1) is 11.3 Å². The van der Waals surface area contributed by atoms with Crippen LogP contribution in [-0.4, -0.2) is 24.6 Å². The summed E-state index contributed by atoms with van der Waals surface area (Å²) in [6, 6.07) is 0. The summed E-state index contributed by atoms with van der Waals surface area (Å²) in [4.78, 5) is 36.7. The molecule has 164 valence electrons. The Morgan fingerprint density at radius 3 is 2.63 bits per heavy atom. The van der Waals surface area contributed by atoms with Crippen molar-refractivity contribution in [2.24, 2.45) is 11.3 Å². The van der Waals surface area contributed by atoms with E-state index in [2.05, 4.69) is 19.6 Å². The number of ether oxygens (including phenoxy) is 1. The van der Waals surface area contributed by atoms with E-state index in [1.165, 1.54) is 11.1 Å². The summed E-state index contributed by atoms with van der Waals surface area (Å²) in [5, 5.41) is 0. The second-order valence-electron chi connectivity index (χ2n) is 8.88. The van der Waals surface area contributed by atoms with Gasteiger partial charge < -0.3 is 4.74 Å². The normalized spacial score (nSPS) is 22.1. The maximum atomic E-state index is 13.4. The van der Waals surface area contributed by atoms with Crippen molar-refractivity contribution < 1.29 is 19.1 Å². The third-order valence-electron chi connectivity index (χ3n) is 6.61. The Bertz CT molecular complexity index is 794. The Morgan fingerprint density at radius 2 is 2.00 bits per heavy atom. The molecule has 4 nitrogen and oxygen atoms in total. The molecule has 0 fully saturated rings. The zero-order valence-electron chi connectivity index (χ0n) is 19.0. The summed E-state index contributed by atoms with van der Waals surface area (Å²) in [5.74, 6) is -0.0158. The molecule has 0 heterocycles. The Balaban J connectivity index is 2.17. The molecule has 0 aliphatic heterocycles. The molecule has 0 saturated carbocycles. The number of hydrogen-bond donors (Lipinski definition) is 0. The number of rotatable bonds is 10. The van der Waals surface area contributed by atoms with Crippen molar-refractivity contribution >= 4 is 18.0 Å². The van der Waals surface area contributed by atoms with E-state index < -0.39 is 5.41 Å². The highest BCUT2D eigenvalue weighted by Gasteiger charge is 2.48. The fraction of sp³-hybridized carbons (Fsp3) is 0.577. The second kappa shape index (κ2) is 10.7. The van der Waals surface area contributed by atoms with E-state index >= 15 is 0 Å². The molecule has 4 heteroatoms. The Hall–Kier alpha value is -2.23. The van der Waals surface area contributed by atoms with E-state index in [1.807, 2.05) is 13.8 Å². The molecular weight excluding hydrogens is 376 g/mol. The lowest BCUT2D eigenvalue weighted by atomic mass is 9.62. The van der Waals surface area contributed by atoms with Gasteiger partial charge in [0, 0.05) is 12.3 Å². The number of allylic oxidation sites excluding steroid dienone is 4. The first kappa shape index (κ1) is 24.0. The lowest BCUT2D eigenvalue weighted by molar-refractivity contribution is -0.151. The third kappa shape index (κ3) is 5.08. The van der Waals surface area contributed by atoms with Gasteiger partial charge in [-0.15, -0.1) is 0 Å². The van der Waals surface area contributed by atoms with Gasteiger partial charge in [0.15, 0.2) is 0 Å². The second-order valence-corrected chi connectivity index (χ2v) is 8.88. The van der Waals surface area contributed by atoms with Crippen molar-refractivity contribution in [3.05, 3.63) is 46.6 Å². The first-order chi connectivity index (χ1) is 14.3. The standard InChI is InChI=1S/C26H36O4/c1-6-22-12-8-13-23-19(4)10-9-15-26(22,23)25(29)30-17-21(20(5)16-27)11-7-14-24(28)18(2)3/h6,12,16,18H,1,7-11,13-15,17H2,2-5H3/b21-20-/t26-/m0/s1. The van der Waals surface area contributed by atoms with Gasteiger partial charge in [-0.1, -0.05) is 38.2 Å². The molecular formula is C26H36O4. The highest BCUT2D eigenvalue weighted by molar-refractivity contribution is 5.87. The van der Waals surface area contributed by atoms with Gasteiger partial charge in [-0.3, -0.25) is 14.4 Å². The van der Waals surface area contributed by atoms with Crippen molar-refractivity contribution in [1.82, 2.24) is 0 Å². The largest absolute Gasteiger partial charge is 0.460 e. The molecule has 0 aromatic heterocycles. The molecule has 0 aromatic rings. The Morgan fingerprint density at radius 1 is 1.27 bits per heavy atom. The molecule has 0 N–H and O–H groups in total. The predicted molar refractivity (Wildman–Crippen MR) is 120 cm³/mol. The first-order valence-electron chi connectivity index (χ1n) is 11.1. The van der Waals surface area contributed by atoms with Gasteiger partial charge >= 0.3 is 5.97 Å². The molecule has 0 aromatic carbocycles. The van der Waals surface area contributed by atoms with Crippen LogP contribution in [0.4, 0.5) is 0 Å². The van der Waals surface area contributed by atoms with Gasteiger partial charge in [0.25, 0.3) is 0 Å². The first-order valence-corrected chi connectivity index (χ1v) is 11.1. The molecule has 2 rings (SSSR count). The topological polar surface area (TPSA) is 60.4 Å². The fourth-order valence-electron chi connectivity index (χ4n) is 4.68. The summed E-state index contributed by atoms with van der Waals surface area (Å²) in [6.07, 6.45) is 10.9. The van der Waals surface area contributed by atoms with Crippen LogP contribution in [0.25, 0.3) is 0 Å². The number of carbonyl (C=O) groups excluding carboxylic acids is 3. The molecule has 0 bridgehead atoms. The lowest BCUT2D eigenvalue weighted by Gasteiger charge is -2.42. The molecule has 0 amide bonds. The maximum absolute atomic E-state index is 13.4. The van der Waals surface area contributed by atoms with E-state index in [1.54, 1.807) is 13.0 Å². The van der Waals surface area contributed by atoms with E-state index in [0.29, 0.717) is 24.8 Å². The number of esters is 1. The van der Waals surface area contributed by atoms with Crippen LogP contribution in [-0.2, 0) is 19.1 Å². The van der Waals surface area contributed by atoms with Crippen molar-refractivity contribution in [1.29, 1.82) is 0 Å². The average molecular weight is 413 g/mol. The highest BCUT2D eigenvalue weighted by Crippen LogP contribution is 2.52. The van der Waals surface area contributed by atoms with E-state index in [0.717, 1.165) is 49.5 Å². The minimum absolute atomic E-state index is 0.0108. The van der Waals surface area contributed by atoms with Crippen LogP contribution >= 0.6 is 0 Å². The Kier molecular flexibility index (Phi) is 8.57. The number of aldehydes is 1. The zero-order chi connectivity index (χ0) is 22.3. The number of Topliss-reactive ketones (excluding diaryl/α,β-unsaturated/α-hetero) is 1. The highest BCUT2D eigenvalue weighted by atomic mass is 16.5. The van der Waals surface area contributed by atoms with Crippen molar-refractivity contribution in [3.63, 3.8) is 0 Å². The van der Waals surface area contributed by atoms with Gasteiger partial charge in [-0.2, -0.15) is 0 Å². The van der Waals surface area contributed by atoms with Crippen molar-refractivity contribution in [2.45, 2.75) is 79.1 Å². The molecule has 30 heavy (non-hydrogen) atoms. The third-order valence-corrected chi connectivity index (χ3v) is 6.61. The minimum atomic E-state index is -0.726. The van der Waals surface area contributed by atoms with Gasteiger partial charge in [0.2, 0.25) is 0 Å². The maximum Gasteiger partial charge on any atom is 0.321 e. The van der Waals surface area contributed by atoms with Crippen LogP contribution in [0.2, 0.25) is 0 Å². The van der Waals surface area contributed by atoms with Crippen LogP contribution in [0.1, 0.15) is 79.1 Å². The quantitative estimate of drug-likeness (QED) is 0.196. The molecule has 0 saturated heterocycles. The lowest BCUT2D eigenvalue weighted by Crippen LogP contribution is -2.40. The Labute approximate surface area is 181 Å². The van der Waals surface area contributed by atoms with Crippen LogP contribution in [0.3, 0.4) is 0 Å². The van der Waals surface area contributed by atoms with Gasteiger partial charge in [-0.25, -0.2) is 0 Å². The fourth-order valence-corrected chi connectivity index (χ4v) is 4.68. The molecule has 2 aliphatic carbocycles. The molecule has 2 aliphatic rings. The summed E-state index contributed by atoms with van der Waals surface area (Å²) in [5.41, 5.74) is 4.08. The van der Waals surface area contributed by atoms with E-state index in [-0.39, 0.29) is 24.3 Å². The summed E-state index contributed by atoms with van der Waals surface area (Å²) >= 11 is 0. The van der Waals surface area contributed by atoms with E-state index in [4.69, 9.17) is 4.74 Å². The number of fused-ring (bicyclic) bond motifs is 1. The molecule has 0 unspecified atom stereocenters. The number of hydrogen-bond acceptors (Lipinski definition) is 4. The predicted octanol–water partition coefficient (Wildman–Crippen LogP) is 5.83. The minimum Gasteiger partial charge on any atom is -0.460 e. The summed E-state index contributed by atoms with van der Waals surface area (Å²) < 4.78 is 5.85. The monoisotopic (exact) mass is 412 g/mol. The van der Waals surface area contributed by atoms with Gasteiger partial charge in [0.05, 0.1) is 0 Å². The average Bonchev–Trinajstić information content (AvgIpc) is 2.74. The smallest absolute Gasteiger partial charge is 0.321 e. The van der Waals surface area contributed by atoms with Gasteiger partial charge in [0.1, 0.15) is 24.1 Å². The SMILES string of the molecule is C=CC1=CCCC2=C(C)CCC[C@]12C(=O)OC/C(CCCC(=O)C(C)C)=C(/C)C=O. The van der Waals surface area contributed by atoms with Crippen LogP contribution < -0.4 is 0 Å². The van der Waals surface area contributed by atoms with Gasteiger partial charge in [-0.05, 0) is 81.1 Å².